The fourth-order valence-electron chi connectivity index (χ4n) is 4.30. The van der Waals surface area contributed by atoms with Crippen molar-refractivity contribution in [1.29, 1.82) is 0 Å². The molecule has 0 spiro atoms. The van der Waals surface area contributed by atoms with Crippen LogP contribution in [-0.2, 0) is 9.59 Å². The summed E-state index contributed by atoms with van der Waals surface area (Å²) in [6.45, 7) is 4.03. The summed E-state index contributed by atoms with van der Waals surface area (Å²) in [6, 6.07) is 5.71. The van der Waals surface area contributed by atoms with E-state index in [0.717, 1.165) is 17.1 Å². The van der Waals surface area contributed by atoms with Crippen LogP contribution in [0.2, 0.25) is 0 Å². The van der Waals surface area contributed by atoms with E-state index in [4.69, 9.17) is 4.74 Å². The summed E-state index contributed by atoms with van der Waals surface area (Å²) in [7, 11) is 3.89. The van der Waals surface area contributed by atoms with Crippen molar-refractivity contribution in [1.82, 2.24) is 5.01 Å². The molecule has 0 N–H and O–H groups in total. The van der Waals surface area contributed by atoms with E-state index in [1.54, 1.807) is 6.08 Å². The van der Waals surface area contributed by atoms with Crippen LogP contribution in [0.1, 0.15) is 12.0 Å². The van der Waals surface area contributed by atoms with Crippen molar-refractivity contribution in [3.8, 4) is 5.75 Å². The van der Waals surface area contributed by atoms with Gasteiger partial charge in [0, 0.05) is 31.4 Å². The van der Waals surface area contributed by atoms with Gasteiger partial charge in [0.05, 0.1) is 18.1 Å². The van der Waals surface area contributed by atoms with Crippen molar-refractivity contribution in [2.45, 2.75) is 6.42 Å². The summed E-state index contributed by atoms with van der Waals surface area (Å²) in [6.07, 6.45) is 8.26. The molecule has 1 aromatic rings. The van der Waals surface area contributed by atoms with E-state index in [1.807, 2.05) is 37.2 Å². The monoisotopic (exact) mass is 365 g/mol. The summed E-state index contributed by atoms with van der Waals surface area (Å²) in [5, 5.41) is 5.29. The second-order valence-corrected chi connectivity index (χ2v) is 7.45. The third kappa shape index (κ3) is 2.85. The highest BCUT2D eigenvalue weighted by atomic mass is 16.5. The van der Waals surface area contributed by atoms with Crippen LogP contribution >= 0.6 is 0 Å². The molecule has 2 amide bonds. The number of nitrogens with zero attached hydrogens (tertiary/aromatic N) is 3. The zero-order chi connectivity index (χ0) is 19.1. The van der Waals surface area contributed by atoms with E-state index in [1.165, 1.54) is 6.21 Å². The second kappa shape index (κ2) is 6.68. The van der Waals surface area contributed by atoms with Gasteiger partial charge in [-0.1, -0.05) is 24.8 Å². The zero-order valence-electron chi connectivity index (χ0n) is 15.5. The fraction of sp³-hybridized carbons (Fsp3) is 0.381. The molecule has 0 aromatic heterocycles. The molecule has 0 radical (unpaired) electrons. The van der Waals surface area contributed by atoms with Crippen LogP contribution in [0.3, 0.4) is 0 Å². The fourth-order valence-corrected chi connectivity index (χ4v) is 4.30. The van der Waals surface area contributed by atoms with E-state index in [0.29, 0.717) is 17.9 Å². The number of benzene rings is 1. The quantitative estimate of drug-likeness (QED) is 0.441. The topological polar surface area (TPSA) is 62.2 Å². The van der Waals surface area contributed by atoms with Crippen LogP contribution in [0, 0.1) is 23.7 Å². The van der Waals surface area contributed by atoms with E-state index < -0.39 is 0 Å². The molecule has 1 saturated heterocycles. The first-order valence-corrected chi connectivity index (χ1v) is 9.16. The summed E-state index contributed by atoms with van der Waals surface area (Å²) in [4.78, 5) is 27.4. The maximum Gasteiger partial charge on any atom is 0.254 e. The molecule has 1 aliphatic heterocycles. The number of amides is 2. The molecule has 4 unspecified atom stereocenters. The van der Waals surface area contributed by atoms with Crippen molar-refractivity contribution >= 4 is 23.7 Å². The predicted octanol–water partition coefficient (Wildman–Crippen LogP) is 2.46. The van der Waals surface area contributed by atoms with E-state index in [-0.39, 0.29) is 35.5 Å². The van der Waals surface area contributed by atoms with Crippen LogP contribution in [0.25, 0.3) is 0 Å². The smallest absolute Gasteiger partial charge is 0.254 e. The Bertz CT molecular complexity index is 828. The molecule has 2 aliphatic carbocycles. The Morgan fingerprint density at radius 2 is 1.89 bits per heavy atom. The van der Waals surface area contributed by atoms with Gasteiger partial charge in [0.15, 0.2) is 0 Å². The van der Waals surface area contributed by atoms with Gasteiger partial charge < -0.3 is 9.64 Å². The minimum Gasteiger partial charge on any atom is -0.489 e. The number of fused-ring (bicyclic) bond motifs is 5. The summed E-state index contributed by atoms with van der Waals surface area (Å²) < 4.78 is 5.73. The molecule has 1 aromatic carbocycles. The first kappa shape index (κ1) is 17.5. The molecule has 3 aliphatic rings. The lowest BCUT2D eigenvalue weighted by Crippen LogP contribution is -2.28. The molecule has 27 heavy (non-hydrogen) atoms. The van der Waals surface area contributed by atoms with Gasteiger partial charge >= 0.3 is 0 Å². The highest BCUT2D eigenvalue weighted by molar-refractivity contribution is 6.06. The number of ether oxygens (including phenoxy) is 1. The minimum atomic E-state index is -0.239. The van der Waals surface area contributed by atoms with Gasteiger partial charge in [-0.15, -0.1) is 0 Å². The third-order valence-corrected chi connectivity index (χ3v) is 5.63. The molecule has 140 valence electrons. The average Bonchev–Trinajstić information content (AvgIpc) is 3.33. The van der Waals surface area contributed by atoms with Gasteiger partial charge in [-0.05, 0) is 30.4 Å². The Balaban J connectivity index is 1.58. The van der Waals surface area contributed by atoms with Crippen LogP contribution in [-0.4, -0.2) is 43.7 Å². The Morgan fingerprint density at radius 3 is 2.48 bits per heavy atom. The highest BCUT2D eigenvalue weighted by Gasteiger charge is 2.59. The number of carbonyl (C=O) groups excluding carboxylic acids is 2. The molecule has 1 heterocycles. The number of hydrogen-bond acceptors (Lipinski definition) is 5. The molecule has 6 nitrogen and oxygen atoms in total. The molecule has 1 saturated carbocycles. The predicted molar refractivity (Wildman–Crippen MR) is 104 cm³/mol. The van der Waals surface area contributed by atoms with E-state index in [2.05, 4.69) is 23.8 Å². The lowest BCUT2D eigenvalue weighted by atomic mass is 9.85. The van der Waals surface area contributed by atoms with Gasteiger partial charge in [-0.25, -0.2) is 0 Å². The van der Waals surface area contributed by atoms with Crippen molar-refractivity contribution in [3.05, 3.63) is 48.6 Å². The normalized spacial score (nSPS) is 28.3. The van der Waals surface area contributed by atoms with E-state index in [9.17, 15) is 9.59 Å². The molecular formula is C21H23N3O3. The van der Waals surface area contributed by atoms with Crippen LogP contribution in [0.5, 0.6) is 5.75 Å². The number of allylic oxidation sites excluding steroid dienone is 2. The van der Waals surface area contributed by atoms with Gasteiger partial charge in [0.25, 0.3) is 11.8 Å². The van der Waals surface area contributed by atoms with Gasteiger partial charge in [-0.2, -0.15) is 10.1 Å². The number of carbonyl (C=O) groups is 2. The Hall–Kier alpha value is -2.89. The zero-order valence-corrected chi connectivity index (χ0v) is 15.5. The van der Waals surface area contributed by atoms with Gasteiger partial charge in [0.1, 0.15) is 12.4 Å². The molecule has 2 fully saturated rings. The minimum absolute atomic E-state index is 0.183. The first-order chi connectivity index (χ1) is 13.0. The van der Waals surface area contributed by atoms with Crippen molar-refractivity contribution in [2.24, 2.45) is 28.8 Å². The number of hydrogen-bond donors (Lipinski definition) is 0. The van der Waals surface area contributed by atoms with Gasteiger partial charge in [0.2, 0.25) is 0 Å². The maximum absolute atomic E-state index is 12.7. The Kier molecular flexibility index (Phi) is 4.34. The van der Waals surface area contributed by atoms with Crippen LogP contribution in [0.15, 0.2) is 48.1 Å². The third-order valence-electron chi connectivity index (χ3n) is 5.63. The number of imide groups is 1. The SMILES string of the molecule is C=CCOc1cc(N(C)C)ccc1C=NN1C(=O)C2C3C=CC(C3)C2C1=O. The highest BCUT2D eigenvalue weighted by Crippen LogP contribution is 2.52. The maximum atomic E-state index is 12.7. The number of hydrazone groups is 1. The average molecular weight is 365 g/mol. The van der Waals surface area contributed by atoms with E-state index >= 15 is 0 Å². The Morgan fingerprint density at radius 1 is 1.22 bits per heavy atom. The summed E-state index contributed by atoms with van der Waals surface area (Å²) >= 11 is 0. The Labute approximate surface area is 158 Å². The number of anilines is 1. The van der Waals surface area contributed by atoms with Crippen molar-refractivity contribution in [3.63, 3.8) is 0 Å². The first-order valence-electron chi connectivity index (χ1n) is 9.16. The van der Waals surface area contributed by atoms with Crippen LogP contribution < -0.4 is 9.64 Å². The summed E-state index contributed by atoms with van der Waals surface area (Å²) in [5.74, 6) is 0.151. The van der Waals surface area contributed by atoms with Crippen molar-refractivity contribution < 1.29 is 14.3 Å². The molecule has 6 heteroatoms. The standard InChI is InChI=1S/C21H23N3O3/c1-4-9-27-17-11-16(23(2)3)8-7-15(17)12-22-24-20(25)18-13-5-6-14(10-13)19(18)21(24)26/h4-8,11-14,18-19H,1,9-10H2,2-3H3. The molecule has 4 rings (SSSR count). The molecule has 4 atom stereocenters. The van der Waals surface area contributed by atoms with Crippen LogP contribution in [0.4, 0.5) is 5.69 Å². The largest absolute Gasteiger partial charge is 0.489 e. The lowest BCUT2D eigenvalue weighted by Gasteiger charge is -2.16. The summed E-state index contributed by atoms with van der Waals surface area (Å²) in [5.41, 5.74) is 1.69. The molecule has 2 bridgehead atoms. The van der Waals surface area contributed by atoms with Crippen molar-refractivity contribution in [2.75, 3.05) is 25.6 Å². The van der Waals surface area contributed by atoms with Gasteiger partial charge in [-0.3, -0.25) is 9.59 Å². The lowest BCUT2D eigenvalue weighted by molar-refractivity contribution is -0.140. The molecular weight excluding hydrogens is 342 g/mol. The second-order valence-electron chi connectivity index (χ2n) is 7.45. The number of rotatable bonds is 6.